The Hall–Kier alpha value is -3.02. The number of hydrogen-bond acceptors (Lipinski definition) is 11. The molecule has 0 spiro atoms. The number of hydrogen-bond donors (Lipinski definition) is 3. The fourth-order valence-corrected chi connectivity index (χ4v) is 13.0. The van der Waals surface area contributed by atoms with Crippen LogP contribution in [0, 0.1) is 0 Å². The van der Waals surface area contributed by atoms with Gasteiger partial charge in [-0.15, -0.1) is 47.0 Å². The van der Waals surface area contributed by atoms with Gasteiger partial charge in [0.1, 0.15) is 5.54 Å². The highest BCUT2D eigenvalue weighted by Crippen LogP contribution is 2.63. The summed E-state index contributed by atoms with van der Waals surface area (Å²) in [6, 6.07) is 15.2. The maximum Gasteiger partial charge on any atom is 0.263 e. The second-order valence-corrected chi connectivity index (χ2v) is 17.6. The van der Waals surface area contributed by atoms with E-state index >= 15 is 4.79 Å². The largest absolute Gasteiger partial charge is 0.392 e. The molecule has 3 N–H and O–H groups in total. The summed E-state index contributed by atoms with van der Waals surface area (Å²) in [5, 5.41) is 25.6. The number of nitrogens with one attached hydrogen (secondary N) is 1. The number of aliphatic hydroxyl groups is 2. The van der Waals surface area contributed by atoms with Crippen molar-refractivity contribution in [3.63, 3.8) is 0 Å². The molecule has 51 heavy (non-hydrogen) atoms. The predicted octanol–water partition coefficient (Wildman–Crippen LogP) is 2.19. The highest BCUT2D eigenvalue weighted by Gasteiger charge is 2.78. The van der Waals surface area contributed by atoms with Gasteiger partial charge in [0.2, 0.25) is 0 Å². The number of likely N-dealkylation sites (N-methyl/N-ethyl adjacent to an activating group) is 3. The summed E-state index contributed by atoms with van der Waals surface area (Å²) < 4.78 is 2.12. The van der Waals surface area contributed by atoms with Crippen molar-refractivity contribution < 1.29 is 29.4 Å². The van der Waals surface area contributed by atoms with E-state index in [0.717, 1.165) is 51.2 Å². The lowest BCUT2D eigenvalue weighted by Gasteiger charge is -2.56. The predicted molar refractivity (Wildman–Crippen MR) is 206 cm³/mol. The van der Waals surface area contributed by atoms with Gasteiger partial charge in [0, 0.05) is 62.5 Å². The molecule has 0 bridgehead atoms. The average Bonchev–Trinajstić information content (AvgIpc) is 3.78. The summed E-state index contributed by atoms with van der Waals surface area (Å²) in [7, 11) is 4.78. The van der Waals surface area contributed by atoms with Gasteiger partial charge < -0.3 is 39.7 Å². The first-order chi connectivity index (χ1) is 24.3. The Labute approximate surface area is 314 Å². The van der Waals surface area contributed by atoms with Crippen LogP contribution in [-0.2, 0) is 31.1 Å². The molecule has 4 aliphatic rings. The lowest BCUT2D eigenvalue weighted by Crippen LogP contribution is -2.77. The molecule has 4 amide bonds. The Morgan fingerprint density at radius 1 is 0.725 bits per heavy atom. The Kier molecular flexibility index (Phi) is 8.74. The standard InChI is InChI=1S/C35H42N6O6S4/c1-37-28(45)32(19-42,49-5)38(2)27(44)31(37,48-4)16-21-17-40(25-15-11-8-12-22(21)25)34-23-13-9-10-14-24(23)36-26(34)18-41-29(46)33(20-43,50-6)39(3)30(47)35(34,41)51-7/h8-15,17,26,36,42-43H,16,18-20H2,1-7H3. The molecule has 0 aliphatic carbocycles. The summed E-state index contributed by atoms with van der Waals surface area (Å²) in [4.78, 5) is 58.6. The zero-order valence-corrected chi connectivity index (χ0v) is 32.8. The van der Waals surface area contributed by atoms with E-state index < -0.39 is 44.3 Å². The molecule has 6 unspecified atom stereocenters. The average molecular weight is 771 g/mol. The minimum absolute atomic E-state index is 0.141. The lowest BCUT2D eigenvalue weighted by molar-refractivity contribution is -0.166. The molecule has 3 fully saturated rings. The number of thioether (sulfide) groups is 4. The number of aromatic nitrogens is 1. The van der Waals surface area contributed by atoms with E-state index in [9.17, 15) is 24.6 Å². The van der Waals surface area contributed by atoms with E-state index in [1.54, 1.807) is 38.6 Å². The number of carbonyl (C=O) groups is 4. The Balaban J connectivity index is 1.49. The molecule has 12 nitrogen and oxygen atoms in total. The van der Waals surface area contributed by atoms with Crippen LogP contribution in [0.25, 0.3) is 10.9 Å². The van der Waals surface area contributed by atoms with Crippen LogP contribution in [0.4, 0.5) is 5.69 Å². The summed E-state index contributed by atoms with van der Waals surface area (Å²) in [5.41, 5.74) is 2.12. The molecule has 0 radical (unpaired) electrons. The van der Waals surface area contributed by atoms with E-state index in [1.807, 2.05) is 67.2 Å². The van der Waals surface area contributed by atoms with Crippen molar-refractivity contribution in [1.82, 2.24) is 24.2 Å². The van der Waals surface area contributed by atoms with Crippen molar-refractivity contribution in [1.29, 1.82) is 0 Å². The number of para-hydroxylation sites is 2. The maximum atomic E-state index is 15.2. The van der Waals surface area contributed by atoms with Gasteiger partial charge in [-0.2, -0.15) is 0 Å². The van der Waals surface area contributed by atoms with Gasteiger partial charge in [-0.3, -0.25) is 19.2 Å². The van der Waals surface area contributed by atoms with Gasteiger partial charge in [-0.05, 0) is 42.7 Å². The molecular formula is C35H42N6O6S4. The van der Waals surface area contributed by atoms with Gasteiger partial charge in [0.05, 0.1) is 19.3 Å². The van der Waals surface area contributed by atoms with Crippen LogP contribution in [-0.4, -0.2) is 149 Å². The zero-order valence-electron chi connectivity index (χ0n) is 29.5. The molecule has 0 saturated carbocycles. The number of rotatable bonds is 9. The first-order valence-electron chi connectivity index (χ1n) is 16.4. The molecule has 1 aromatic heterocycles. The van der Waals surface area contributed by atoms with Crippen molar-refractivity contribution >= 4 is 87.3 Å². The minimum Gasteiger partial charge on any atom is -0.392 e. The first kappa shape index (κ1) is 36.3. The monoisotopic (exact) mass is 770 g/mol. The molecule has 7 rings (SSSR count). The van der Waals surface area contributed by atoms with Crippen molar-refractivity contribution in [2.24, 2.45) is 0 Å². The molecule has 272 valence electrons. The molecule has 4 aliphatic heterocycles. The van der Waals surface area contributed by atoms with Crippen molar-refractivity contribution in [2.75, 3.05) is 71.2 Å². The van der Waals surface area contributed by atoms with Crippen LogP contribution in [0.15, 0.2) is 54.7 Å². The van der Waals surface area contributed by atoms with E-state index in [0.29, 0.717) is 0 Å². The van der Waals surface area contributed by atoms with Crippen LogP contribution in [0.1, 0.15) is 11.1 Å². The van der Waals surface area contributed by atoms with Crippen molar-refractivity contribution in [3.05, 3.63) is 65.9 Å². The highest BCUT2D eigenvalue weighted by molar-refractivity contribution is 8.02. The fourth-order valence-electron chi connectivity index (χ4n) is 9.09. The summed E-state index contributed by atoms with van der Waals surface area (Å²) in [5.74, 6) is -1.31. The fraction of sp³-hybridized carbons (Fsp3) is 0.486. The second kappa shape index (κ2) is 12.3. The van der Waals surface area contributed by atoms with E-state index in [4.69, 9.17) is 0 Å². The number of fused-ring (bicyclic) bond motifs is 6. The summed E-state index contributed by atoms with van der Waals surface area (Å²) in [6.45, 7) is -0.860. The number of anilines is 1. The molecule has 16 heteroatoms. The topological polar surface area (TPSA) is 139 Å². The first-order valence-corrected chi connectivity index (χ1v) is 21.3. The van der Waals surface area contributed by atoms with Gasteiger partial charge in [0.15, 0.2) is 19.5 Å². The number of benzene rings is 2. The van der Waals surface area contributed by atoms with E-state index in [2.05, 4.69) is 9.88 Å². The second-order valence-electron chi connectivity index (χ2n) is 13.4. The van der Waals surface area contributed by atoms with Crippen molar-refractivity contribution in [2.45, 2.75) is 37.5 Å². The van der Waals surface area contributed by atoms with Crippen LogP contribution in [0.2, 0.25) is 0 Å². The number of aliphatic hydroxyl groups excluding tert-OH is 2. The third kappa shape index (κ3) is 4.06. The molecule has 2 aromatic carbocycles. The van der Waals surface area contributed by atoms with Crippen LogP contribution < -0.4 is 5.32 Å². The molecule has 5 heterocycles. The van der Waals surface area contributed by atoms with Crippen LogP contribution >= 0.6 is 47.0 Å². The number of carbonyl (C=O) groups excluding carboxylic acids is 4. The normalized spacial score (nSPS) is 33.2. The van der Waals surface area contributed by atoms with Gasteiger partial charge in [-0.1, -0.05) is 36.4 Å². The number of piperazine rings is 2. The quantitative estimate of drug-likeness (QED) is 0.296. The van der Waals surface area contributed by atoms with E-state index in [-0.39, 0.29) is 36.6 Å². The highest BCUT2D eigenvalue weighted by atomic mass is 32.2. The molecule has 3 aromatic rings. The smallest absolute Gasteiger partial charge is 0.263 e. The lowest BCUT2D eigenvalue weighted by atomic mass is 9.79. The van der Waals surface area contributed by atoms with E-state index in [1.165, 1.54) is 38.2 Å². The van der Waals surface area contributed by atoms with Gasteiger partial charge in [-0.25, -0.2) is 0 Å². The minimum atomic E-state index is -1.48. The molecule has 3 saturated heterocycles. The third-order valence-electron chi connectivity index (χ3n) is 11.9. The van der Waals surface area contributed by atoms with Crippen LogP contribution in [0.5, 0.6) is 0 Å². The number of amides is 4. The Bertz CT molecular complexity index is 1970. The Morgan fingerprint density at radius 2 is 1.27 bits per heavy atom. The molecule has 6 atom stereocenters. The van der Waals surface area contributed by atoms with Gasteiger partial charge in [0.25, 0.3) is 23.6 Å². The maximum absolute atomic E-state index is 15.2. The zero-order chi connectivity index (χ0) is 36.9. The van der Waals surface area contributed by atoms with Crippen molar-refractivity contribution in [3.8, 4) is 0 Å². The van der Waals surface area contributed by atoms with Crippen LogP contribution in [0.3, 0.4) is 0 Å². The van der Waals surface area contributed by atoms with Gasteiger partial charge >= 0.3 is 0 Å². The number of nitrogens with zero attached hydrogens (tertiary/aromatic N) is 5. The Morgan fingerprint density at radius 3 is 1.90 bits per heavy atom. The molecular weight excluding hydrogens is 729 g/mol. The summed E-state index contributed by atoms with van der Waals surface area (Å²) in [6.07, 6.45) is 9.24. The SMILES string of the molecule is CSC1(CO)C(=O)N(C)C(Cc2cn(C34c5ccccc5NC3CN3C(=O)C(CO)(SC)N(C)C(=O)C34SC)c3ccccc23)(SC)C(=O)N1C. The summed E-state index contributed by atoms with van der Waals surface area (Å²) >= 11 is 4.88. The third-order valence-corrected chi connectivity index (χ3v) is 16.9.